The van der Waals surface area contributed by atoms with Crippen LogP contribution in [-0.4, -0.2) is 22.2 Å². The summed E-state index contributed by atoms with van der Waals surface area (Å²) in [6.07, 6.45) is 10.7. The molecule has 23 heavy (non-hydrogen) atoms. The number of aromatic nitrogens is 2. The molecule has 2 aliphatic rings. The predicted octanol–water partition coefficient (Wildman–Crippen LogP) is 4.39. The highest BCUT2D eigenvalue weighted by atomic mass is 19.1. The van der Waals surface area contributed by atoms with E-state index in [2.05, 4.69) is 16.0 Å². The molecule has 118 valence electrons. The van der Waals surface area contributed by atoms with Gasteiger partial charge in [0.05, 0.1) is 11.9 Å². The quantitative estimate of drug-likeness (QED) is 0.894. The van der Waals surface area contributed by atoms with E-state index in [4.69, 9.17) is 4.99 Å². The van der Waals surface area contributed by atoms with Gasteiger partial charge in [0.1, 0.15) is 5.82 Å². The monoisotopic (exact) mass is 309 g/mol. The van der Waals surface area contributed by atoms with Crippen molar-refractivity contribution >= 4 is 11.3 Å². The molecule has 1 aliphatic carbocycles. The Labute approximate surface area is 135 Å². The van der Waals surface area contributed by atoms with Gasteiger partial charge in [0.25, 0.3) is 0 Å². The Kier molecular flexibility index (Phi) is 3.82. The Morgan fingerprint density at radius 3 is 2.96 bits per heavy atom. The maximum atomic E-state index is 13.6. The van der Waals surface area contributed by atoms with Gasteiger partial charge in [-0.3, -0.25) is 9.98 Å². The number of nitrogens with one attached hydrogen (secondary N) is 1. The number of hydrogen-bond donors (Lipinski definition) is 1. The topological polar surface area (TPSA) is 41.0 Å². The molecule has 2 aromatic heterocycles. The van der Waals surface area contributed by atoms with Gasteiger partial charge >= 0.3 is 0 Å². The summed E-state index contributed by atoms with van der Waals surface area (Å²) in [4.78, 5) is 12.1. The van der Waals surface area contributed by atoms with Crippen LogP contribution in [0.25, 0.3) is 5.57 Å². The molecule has 0 unspecified atom stereocenters. The normalized spacial score (nSPS) is 20.3. The molecule has 3 nitrogen and oxygen atoms in total. The van der Waals surface area contributed by atoms with Crippen LogP contribution >= 0.6 is 0 Å². The fourth-order valence-corrected chi connectivity index (χ4v) is 3.29. The standard InChI is InChI=1S/C19H20FN3/c20-15-10-14(11-21-12-15)19-16(3-1-8-23-19)17(9-13-5-6-13)18-4-2-7-22-18/h2,4,7,10-13,22H,1,3,5-6,8-9H2. The molecule has 0 radical (unpaired) electrons. The third-order valence-electron chi connectivity index (χ3n) is 4.60. The second-order valence-corrected chi connectivity index (χ2v) is 6.41. The molecule has 1 saturated carbocycles. The third-order valence-corrected chi connectivity index (χ3v) is 4.60. The van der Waals surface area contributed by atoms with Crippen molar-refractivity contribution in [1.29, 1.82) is 0 Å². The largest absolute Gasteiger partial charge is 0.361 e. The number of H-pyrrole nitrogens is 1. The lowest BCUT2D eigenvalue weighted by molar-refractivity contribution is 0.621. The smallest absolute Gasteiger partial charge is 0.142 e. The molecule has 0 saturated heterocycles. The molecule has 0 amide bonds. The maximum Gasteiger partial charge on any atom is 0.142 e. The molecular formula is C19H20FN3. The van der Waals surface area contributed by atoms with E-state index >= 15 is 0 Å². The van der Waals surface area contributed by atoms with Gasteiger partial charge in [-0.25, -0.2) is 4.39 Å². The van der Waals surface area contributed by atoms with E-state index in [0.717, 1.165) is 43.0 Å². The first-order chi connectivity index (χ1) is 11.3. The zero-order valence-electron chi connectivity index (χ0n) is 13.1. The summed E-state index contributed by atoms with van der Waals surface area (Å²) in [5.74, 6) is 0.480. The van der Waals surface area contributed by atoms with Crippen molar-refractivity contribution in [3.05, 3.63) is 59.4 Å². The fraction of sp³-hybridized carbons (Fsp3) is 0.368. The second-order valence-electron chi connectivity index (χ2n) is 6.41. The van der Waals surface area contributed by atoms with E-state index in [0.29, 0.717) is 0 Å². The molecular weight excluding hydrogens is 289 g/mol. The first-order valence-electron chi connectivity index (χ1n) is 8.33. The number of hydrogen-bond acceptors (Lipinski definition) is 2. The van der Waals surface area contributed by atoms with Crippen LogP contribution in [0.5, 0.6) is 0 Å². The lowest BCUT2D eigenvalue weighted by Gasteiger charge is -2.21. The summed E-state index contributed by atoms with van der Waals surface area (Å²) < 4.78 is 13.6. The molecule has 0 aromatic carbocycles. The Bertz CT molecular complexity index is 755. The summed E-state index contributed by atoms with van der Waals surface area (Å²) >= 11 is 0. The lowest BCUT2D eigenvalue weighted by Crippen LogP contribution is -2.15. The lowest BCUT2D eigenvalue weighted by atomic mass is 9.88. The van der Waals surface area contributed by atoms with Crippen molar-refractivity contribution in [2.75, 3.05) is 6.54 Å². The average molecular weight is 309 g/mol. The van der Waals surface area contributed by atoms with E-state index in [1.165, 1.54) is 35.9 Å². The minimum atomic E-state index is -0.307. The van der Waals surface area contributed by atoms with Gasteiger partial charge in [0, 0.05) is 30.2 Å². The summed E-state index contributed by atoms with van der Waals surface area (Å²) in [7, 11) is 0. The minimum Gasteiger partial charge on any atom is -0.361 e. The van der Waals surface area contributed by atoms with Crippen LogP contribution in [-0.2, 0) is 0 Å². The van der Waals surface area contributed by atoms with E-state index in [1.807, 2.05) is 12.3 Å². The maximum absolute atomic E-state index is 13.6. The Hall–Kier alpha value is -2.23. The van der Waals surface area contributed by atoms with E-state index < -0.39 is 0 Å². The Morgan fingerprint density at radius 1 is 1.30 bits per heavy atom. The molecule has 2 aromatic rings. The van der Waals surface area contributed by atoms with E-state index in [-0.39, 0.29) is 5.82 Å². The number of rotatable bonds is 4. The van der Waals surface area contributed by atoms with E-state index in [9.17, 15) is 4.39 Å². The van der Waals surface area contributed by atoms with Gasteiger partial charge in [0.2, 0.25) is 0 Å². The fourth-order valence-electron chi connectivity index (χ4n) is 3.29. The van der Waals surface area contributed by atoms with Gasteiger partial charge in [-0.2, -0.15) is 0 Å². The molecule has 0 spiro atoms. The molecule has 0 bridgehead atoms. The molecule has 1 N–H and O–H groups in total. The van der Waals surface area contributed by atoms with Crippen molar-refractivity contribution in [1.82, 2.24) is 9.97 Å². The number of pyridine rings is 1. The van der Waals surface area contributed by atoms with Crippen molar-refractivity contribution in [3.8, 4) is 0 Å². The summed E-state index contributed by atoms with van der Waals surface area (Å²) in [5, 5.41) is 0. The molecule has 0 atom stereocenters. The molecule has 1 aliphatic heterocycles. The Morgan fingerprint density at radius 2 is 2.22 bits per heavy atom. The third kappa shape index (κ3) is 3.11. The molecule has 4 rings (SSSR count). The van der Waals surface area contributed by atoms with E-state index in [1.54, 1.807) is 12.3 Å². The van der Waals surface area contributed by atoms with Crippen molar-refractivity contribution in [2.24, 2.45) is 10.9 Å². The van der Waals surface area contributed by atoms with Crippen molar-refractivity contribution in [2.45, 2.75) is 32.1 Å². The number of nitrogens with zero attached hydrogens (tertiary/aromatic N) is 2. The number of halogens is 1. The van der Waals surface area contributed by atoms with Crippen LogP contribution in [0.4, 0.5) is 4.39 Å². The van der Waals surface area contributed by atoms with Crippen LogP contribution < -0.4 is 0 Å². The van der Waals surface area contributed by atoms with Gasteiger partial charge < -0.3 is 4.98 Å². The summed E-state index contributed by atoms with van der Waals surface area (Å²) in [6, 6.07) is 5.70. The SMILES string of the molecule is Fc1cncc(C2=NCCCC2=C(CC2CC2)c2ccc[nH]2)c1. The zero-order valence-corrected chi connectivity index (χ0v) is 13.1. The molecule has 4 heteroatoms. The second kappa shape index (κ2) is 6.11. The van der Waals surface area contributed by atoms with Gasteiger partial charge in [0.15, 0.2) is 0 Å². The average Bonchev–Trinajstić information content (AvgIpc) is 3.24. The highest BCUT2D eigenvalue weighted by Gasteiger charge is 2.27. The number of allylic oxidation sites excluding steroid dienone is 2. The highest BCUT2D eigenvalue weighted by molar-refractivity contribution is 6.16. The van der Waals surface area contributed by atoms with Crippen LogP contribution in [0.2, 0.25) is 0 Å². The number of aliphatic imine (C=N–C) groups is 1. The van der Waals surface area contributed by atoms with Gasteiger partial charge in [-0.05, 0) is 67.4 Å². The first-order valence-corrected chi connectivity index (χ1v) is 8.33. The molecule has 1 fully saturated rings. The van der Waals surface area contributed by atoms with Crippen LogP contribution in [0, 0.1) is 11.7 Å². The zero-order chi connectivity index (χ0) is 15.6. The predicted molar refractivity (Wildman–Crippen MR) is 89.9 cm³/mol. The van der Waals surface area contributed by atoms with Gasteiger partial charge in [-0.1, -0.05) is 0 Å². The van der Waals surface area contributed by atoms with Crippen LogP contribution in [0.3, 0.4) is 0 Å². The summed E-state index contributed by atoms with van der Waals surface area (Å²) in [5.41, 5.74) is 5.50. The van der Waals surface area contributed by atoms with Gasteiger partial charge in [-0.15, -0.1) is 0 Å². The van der Waals surface area contributed by atoms with Crippen LogP contribution in [0.15, 0.2) is 47.4 Å². The first kappa shape index (κ1) is 14.4. The van der Waals surface area contributed by atoms with Crippen molar-refractivity contribution in [3.63, 3.8) is 0 Å². The Balaban J connectivity index is 1.81. The highest BCUT2D eigenvalue weighted by Crippen LogP contribution is 2.40. The summed E-state index contributed by atoms with van der Waals surface area (Å²) in [6.45, 7) is 0.802. The minimum absolute atomic E-state index is 0.307. The van der Waals surface area contributed by atoms with Crippen molar-refractivity contribution < 1.29 is 4.39 Å². The number of aromatic amines is 1. The molecule has 3 heterocycles. The van der Waals surface area contributed by atoms with Crippen LogP contribution in [0.1, 0.15) is 43.4 Å².